The Morgan fingerprint density at radius 1 is 1.35 bits per heavy atom. The van der Waals surface area contributed by atoms with Gasteiger partial charge in [-0.05, 0) is 25.5 Å². The monoisotopic (exact) mass is 334 g/mol. The van der Waals surface area contributed by atoms with E-state index in [0.717, 1.165) is 16.0 Å². The standard InChI is InChI=1S/C15H18N4O3S/c1-10-3-4-11(2)13(5-10)23-9-14(20)16-6-12-7-19(18-17-12)8-15(21)22/h3-5,7H,6,8-9H2,1-2H3,(H,16,20)(H,21,22). The number of nitrogens with zero attached hydrogens (tertiary/aromatic N) is 3. The van der Waals surface area contributed by atoms with Gasteiger partial charge in [0.1, 0.15) is 12.2 Å². The lowest BCUT2D eigenvalue weighted by molar-refractivity contribution is -0.137. The van der Waals surface area contributed by atoms with Gasteiger partial charge in [0.05, 0.1) is 18.5 Å². The summed E-state index contributed by atoms with van der Waals surface area (Å²) in [7, 11) is 0. The molecule has 0 spiro atoms. The van der Waals surface area contributed by atoms with Crippen molar-refractivity contribution in [1.82, 2.24) is 20.3 Å². The highest BCUT2D eigenvalue weighted by molar-refractivity contribution is 8.00. The van der Waals surface area contributed by atoms with E-state index in [2.05, 4.69) is 21.7 Å². The second-order valence-corrected chi connectivity index (χ2v) is 6.15. The third-order valence-corrected chi connectivity index (χ3v) is 4.21. The van der Waals surface area contributed by atoms with Gasteiger partial charge in [0, 0.05) is 4.90 Å². The number of thioether (sulfide) groups is 1. The number of aliphatic carboxylic acids is 1. The first-order valence-electron chi connectivity index (χ1n) is 7.01. The molecule has 8 heteroatoms. The zero-order valence-electron chi connectivity index (χ0n) is 12.9. The molecule has 122 valence electrons. The molecule has 7 nitrogen and oxygen atoms in total. The number of benzene rings is 1. The van der Waals surface area contributed by atoms with E-state index >= 15 is 0 Å². The van der Waals surface area contributed by atoms with Gasteiger partial charge in [0.25, 0.3) is 0 Å². The minimum Gasteiger partial charge on any atom is -0.480 e. The van der Waals surface area contributed by atoms with E-state index in [0.29, 0.717) is 11.4 Å². The molecule has 1 amide bonds. The Morgan fingerprint density at radius 3 is 2.87 bits per heavy atom. The average Bonchev–Trinajstić information content (AvgIpc) is 2.92. The maximum Gasteiger partial charge on any atom is 0.325 e. The second kappa shape index (κ2) is 7.77. The Hall–Kier alpha value is -2.35. The molecule has 1 aromatic heterocycles. The molecule has 0 radical (unpaired) electrons. The van der Waals surface area contributed by atoms with Crippen LogP contribution in [0.15, 0.2) is 29.3 Å². The van der Waals surface area contributed by atoms with Crippen molar-refractivity contribution in [1.29, 1.82) is 0 Å². The highest BCUT2D eigenvalue weighted by Crippen LogP contribution is 2.23. The largest absolute Gasteiger partial charge is 0.480 e. The quantitative estimate of drug-likeness (QED) is 0.743. The van der Waals surface area contributed by atoms with Crippen LogP contribution in [0.5, 0.6) is 0 Å². The van der Waals surface area contributed by atoms with Gasteiger partial charge in [0.2, 0.25) is 5.91 Å². The van der Waals surface area contributed by atoms with Crippen molar-refractivity contribution in [3.8, 4) is 0 Å². The van der Waals surface area contributed by atoms with E-state index < -0.39 is 5.97 Å². The van der Waals surface area contributed by atoms with Gasteiger partial charge in [-0.3, -0.25) is 9.59 Å². The molecule has 0 fully saturated rings. The molecule has 2 N–H and O–H groups in total. The van der Waals surface area contributed by atoms with E-state index in [1.165, 1.54) is 22.6 Å². The predicted molar refractivity (Wildman–Crippen MR) is 86.1 cm³/mol. The number of aromatic nitrogens is 3. The number of carboxylic acids is 1. The number of hydrogen-bond donors (Lipinski definition) is 2. The highest BCUT2D eigenvalue weighted by Gasteiger charge is 2.08. The summed E-state index contributed by atoms with van der Waals surface area (Å²) in [4.78, 5) is 23.5. The van der Waals surface area contributed by atoms with Crippen LogP contribution in [0.1, 0.15) is 16.8 Å². The smallest absolute Gasteiger partial charge is 0.325 e. The first-order chi connectivity index (χ1) is 10.9. The first-order valence-corrected chi connectivity index (χ1v) is 8.00. The van der Waals surface area contributed by atoms with Crippen LogP contribution >= 0.6 is 11.8 Å². The number of nitrogens with one attached hydrogen (secondary N) is 1. The van der Waals surface area contributed by atoms with Crippen molar-refractivity contribution >= 4 is 23.6 Å². The summed E-state index contributed by atoms with van der Waals surface area (Å²) < 4.78 is 1.22. The number of carbonyl (C=O) groups is 2. The van der Waals surface area contributed by atoms with E-state index in [1.54, 1.807) is 0 Å². The lowest BCUT2D eigenvalue weighted by Gasteiger charge is -2.07. The van der Waals surface area contributed by atoms with Gasteiger partial charge in [-0.25, -0.2) is 4.68 Å². The molecule has 2 aromatic rings. The van der Waals surface area contributed by atoms with Crippen LogP contribution in [0.25, 0.3) is 0 Å². The molecule has 1 aromatic carbocycles. The average molecular weight is 334 g/mol. The Bertz CT molecular complexity index is 714. The number of aryl methyl sites for hydroxylation is 2. The summed E-state index contributed by atoms with van der Waals surface area (Å²) >= 11 is 1.49. The molecular weight excluding hydrogens is 316 g/mol. The number of carbonyl (C=O) groups excluding carboxylic acids is 1. The fraction of sp³-hybridized carbons (Fsp3) is 0.333. The highest BCUT2D eigenvalue weighted by atomic mass is 32.2. The minimum atomic E-state index is -0.990. The molecule has 1 heterocycles. The molecule has 0 saturated heterocycles. The Kier molecular flexibility index (Phi) is 5.75. The number of rotatable bonds is 7. The summed E-state index contributed by atoms with van der Waals surface area (Å²) in [5.41, 5.74) is 2.83. The normalized spacial score (nSPS) is 10.5. The molecule has 0 atom stereocenters. The second-order valence-electron chi connectivity index (χ2n) is 5.14. The van der Waals surface area contributed by atoms with Gasteiger partial charge in [-0.1, -0.05) is 22.9 Å². The van der Waals surface area contributed by atoms with Crippen molar-refractivity contribution < 1.29 is 14.7 Å². The van der Waals surface area contributed by atoms with Crippen LogP contribution in [0.2, 0.25) is 0 Å². The van der Waals surface area contributed by atoms with Gasteiger partial charge >= 0.3 is 5.97 Å². The van der Waals surface area contributed by atoms with Crippen molar-refractivity contribution in [2.45, 2.75) is 31.8 Å². The third kappa shape index (κ3) is 5.41. The van der Waals surface area contributed by atoms with E-state index in [4.69, 9.17) is 5.11 Å². The van der Waals surface area contributed by atoms with Crippen LogP contribution in [0.3, 0.4) is 0 Å². The maximum absolute atomic E-state index is 11.9. The van der Waals surface area contributed by atoms with Gasteiger partial charge < -0.3 is 10.4 Å². The SMILES string of the molecule is Cc1ccc(C)c(SCC(=O)NCc2cn(CC(=O)O)nn2)c1. The Balaban J connectivity index is 1.80. The molecule has 23 heavy (non-hydrogen) atoms. The molecule has 0 saturated carbocycles. The minimum absolute atomic E-state index is 0.108. The van der Waals surface area contributed by atoms with Crippen molar-refractivity contribution in [3.05, 3.63) is 41.2 Å². The number of carboxylic acid groups (broad SMARTS) is 1. The summed E-state index contributed by atoms with van der Waals surface area (Å²) in [6.45, 7) is 4.01. The van der Waals surface area contributed by atoms with Crippen LogP contribution in [-0.2, 0) is 22.7 Å². The lowest BCUT2D eigenvalue weighted by Crippen LogP contribution is -2.24. The van der Waals surface area contributed by atoms with Crippen molar-refractivity contribution in [2.24, 2.45) is 0 Å². The summed E-state index contributed by atoms with van der Waals surface area (Å²) in [5.74, 6) is -0.785. The van der Waals surface area contributed by atoms with Crippen LogP contribution in [0, 0.1) is 13.8 Å². The van der Waals surface area contributed by atoms with Crippen LogP contribution in [-0.4, -0.2) is 37.7 Å². The fourth-order valence-electron chi connectivity index (χ4n) is 1.88. The van der Waals surface area contributed by atoms with E-state index in [-0.39, 0.29) is 19.0 Å². The van der Waals surface area contributed by atoms with Gasteiger partial charge in [-0.2, -0.15) is 0 Å². The number of hydrogen-bond acceptors (Lipinski definition) is 5. The van der Waals surface area contributed by atoms with Crippen LogP contribution in [0.4, 0.5) is 0 Å². The Labute approximate surface area is 138 Å². The molecular formula is C15H18N4O3S. The zero-order valence-corrected chi connectivity index (χ0v) is 13.8. The molecule has 0 bridgehead atoms. The topological polar surface area (TPSA) is 97.1 Å². The molecule has 0 aliphatic heterocycles. The predicted octanol–water partition coefficient (Wildman–Crippen LogP) is 1.39. The number of amides is 1. The summed E-state index contributed by atoms with van der Waals surface area (Å²) in [6.07, 6.45) is 1.51. The van der Waals surface area contributed by atoms with Crippen molar-refractivity contribution in [2.75, 3.05) is 5.75 Å². The molecule has 0 aliphatic carbocycles. The Morgan fingerprint density at radius 2 is 2.13 bits per heavy atom. The van der Waals surface area contributed by atoms with Crippen molar-refractivity contribution in [3.63, 3.8) is 0 Å². The van der Waals surface area contributed by atoms with E-state index in [9.17, 15) is 9.59 Å². The zero-order chi connectivity index (χ0) is 16.8. The first kappa shape index (κ1) is 17.0. The lowest BCUT2D eigenvalue weighted by atomic mass is 10.2. The molecule has 2 rings (SSSR count). The van der Waals surface area contributed by atoms with E-state index in [1.807, 2.05) is 26.0 Å². The fourth-order valence-corrected chi connectivity index (χ4v) is 2.84. The summed E-state index contributed by atoms with van der Waals surface area (Å²) in [5, 5.41) is 18.9. The van der Waals surface area contributed by atoms with Crippen LogP contribution < -0.4 is 5.32 Å². The molecule has 0 unspecified atom stereocenters. The summed E-state index contributed by atoms with van der Waals surface area (Å²) in [6, 6.07) is 6.14. The van der Waals surface area contributed by atoms with Gasteiger partial charge in [0.15, 0.2) is 0 Å². The third-order valence-electron chi connectivity index (χ3n) is 3.05. The molecule has 0 aliphatic rings. The maximum atomic E-state index is 11.9. The van der Waals surface area contributed by atoms with Gasteiger partial charge in [-0.15, -0.1) is 16.9 Å².